The number of hydrogen-bond acceptors (Lipinski definition) is 5. The van der Waals surface area contributed by atoms with E-state index in [2.05, 4.69) is 4.98 Å². The molecule has 1 aromatic heterocycles. The number of amides is 1. The van der Waals surface area contributed by atoms with Gasteiger partial charge in [-0.25, -0.2) is 4.98 Å². The van der Waals surface area contributed by atoms with Crippen LogP contribution in [-0.4, -0.2) is 40.6 Å². The summed E-state index contributed by atoms with van der Waals surface area (Å²) in [5, 5.41) is 0. The molecule has 0 N–H and O–H groups in total. The summed E-state index contributed by atoms with van der Waals surface area (Å²) in [6, 6.07) is 23.0. The van der Waals surface area contributed by atoms with Crippen molar-refractivity contribution < 1.29 is 14.3 Å². The van der Waals surface area contributed by atoms with E-state index in [1.165, 1.54) is 0 Å². The second kappa shape index (κ2) is 10.9. The van der Waals surface area contributed by atoms with Crippen molar-refractivity contribution in [2.45, 2.75) is 38.6 Å². The fourth-order valence-electron chi connectivity index (χ4n) is 5.06. The van der Waals surface area contributed by atoms with Gasteiger partial charge in [-0.15, -0.1) is 0 Å². The van der Waals surface area contributed by atoms with Gasteiger partial charge in [-0.05, 0) is 73.9 Å². The third-order valence-electron chi connectivity index (χ3n) is 6.88. The molecule has 190 valence electrons. The van der Waals surface area contributed by atoms with E-state index in [9.17, 15) is 9.59 Å². The van der Waals surface area contributed by atoms with Gasteiger partial charge in [-0.1, -0.05) is 24.3 Å². The van der Waals surface area contributed by atoms with Crippen LogP contribution in [0, 0.1) is 0 Å². The molecule has 37 heavy (non-hydrogen) atoms. The second-order valence-electron chi connectivity index (χ2n) is 9.13. The smallest absolute Gasteiger partial charge is 0.277 e. The van der Waals surface area contributed by atoms with Crippen LogP contribution in [0.4, 0.5) is 0 Å². The number of rotatable bonds is 8. The van der Waals surface area contributed by atoms with Crippen molar-refractivity contribution in [3.63, 3.8) is 0 Å². The predicted molar refractivity (Wildman–Crippen MR) is 144 cm³/mol. The first-order valence-electron chi connectivity index (χ1n) is 12.8. The van der Waals surface area contributed by atoms with E-state index in [4.69, 9.17) is 9.47 Å². The molecule has 7 nitrogen and oxygen atoms in total. The Bertz CT molecular complexity index is 1440. The van der Waals surface area contributed by atoms with Gasteiger partial charge in [-0.3, -0.25) is 14.2 Å². The number of carbonyl (C=O) groups is 1. The van der Waals surface area contributed by atoms with Crippen LogP contribution in [0.15, 0.2) is 77.6 Å². The van der Waals surface area contributed by atoms with Crippen molar-refractivity contribution in [2.24, 2.45) is 0 Å². The van der Waals surface area contributed by atoms with Gasteiger partial charge in [0.15, 0.2) is 0 Å². The molecule has 5 rings (SSSR count). The summed E-state index contributed by atoms with van der Waals surface area (Å²) in [5.41, 5.74) is 3.46. The summed E-state index contributed by atoms with van der Waals surface area (Å²) in [5.74, 6) is 1.59. The zero-order valence-corrected chi connectivity index (χ0v) is 21.2. The van der Waals surface area contributed by atoms with Crippen LogP contribution in [0.25, 0.3) is 16.7 Å². The van der Waals surface area contributed by atoms with Crippen LogP contribution < -0.4 is 15.0 Å². The van der Waals surface area contributed by atoms with Gasteiger partial charge >= 0.3 is 0 Å². The fraction of sp³-hybridized carbons (Fsp3) is 0.300. The molecule has 7 heteroatoms. The Kier molecular flexibility index (Phi) is 7.21. The quantitative estimate of drug-likeness (QED) is 0.339. The Morgan fingerprint density at radius 3 is 2.46 bits per heavy atom. The Morgan fingerprint density at radius 2 is 1.73 bits per heavy atom. The number of nitrogens with zero attached hydrogens (tertiary/aromatic N) is 3. The van der Waals surface area contributed by atoms with Crippen molar-refractivity contribution in [1.82, 2.24) is 14.5 Å². The summed E-state index contributed by atoms with van der Waals surface area (Å²) in [7, 11) is 1.61. The van der Waals surface area contributed by atoms with E-state index in [0.29, 0.717) is 23.6 Å². The van der Waals surface area contributed by atoms with Gasteiger partial charge < -0.3 is 14.4 Å². The van der Waals surface area contributed by atoms with Crippen LogP contribution in [-0.2, 0) is 11.2 Å². The highest BCUT2D eigenvalue weighted by atomic mass is 16.5. The third-order valence-corrected chi connectivity index (χ3v) is 6.88. The molecule has 1 amide bonds. The minimum absolute atomic E-state index is 0.0433. The minimum Gasteiger partial charge on any atom is -0.497 e. The second-order valence-corrected chi connectivity index (χ2v) is 9.13. The number of likely N-dealkylation sites (tertiary alicyclic amines) is 1. The first-order chi connectivity index (χ1) is 18.1. The molecule has 0 radical (unpaired) electrons. The monoisotopic (exact) mass is 497 g/mol. The number of aryl methyl sites for hydroxylation is 1. The predicted octanol–water partition coefficient (Wildman–Crippen LogP) is 5.09. The lowest BCUT2D eigenvalue weighted by molar-refractivity contribution is -0.132. The first kappa shape index (κ1) is 24.6. The SMILES string of the molecule is CCOc1ccc(C2CCCN2C(=O)CCc2nc3ccccc3n(-c3ccc(OC)cc3)c2=O)cc1. The molecule has 4 aromatic rings. The zero-order chi connectivity index (χ0) is 25.8. The molecule has 1 unspecified atom stereocenters. The molecule has 0 spiro atoms. The highest BCUT2D eigenvalue weighted by molar-refractivity contribution is 5.78. The molecular formula is C30H31N3O4. The van der Waals surface area contributed by atoms with Crippen LogP contribution in [0.5, 0.6) is 11.5 Å². The number of fused-ring (bicyclic) bond motifs is 1. The van der Waals surface area contributed by atoms with Gasteiger partial charge in [0.1, 0.15) is 17.2 Å². The maximum absolute atomic E-state index is 13.6. The van der Waals surface area contributed by atoms with E-state index >= 15 is 0 Å². The van der Waals surface area contributed by atoms with E-state index in [1.807, 2.05) is 84.6 Å². The molecular weight excluding hydrogens is 466 g/mol. The number of benzene rings is 3. The summed E-state index contributed by atoms with van der Waals surface area (Å²) >= 11 is 0. The van der Waals surface area contributed by atoms with Gasteiger partial charge in [-0.2, -0.15) is 0 Å². The highest BCUT2D eigenvalue weighted by Gasteiger charge is 2.30. The van der Waals surface area contributed by atoms with Crippen LogP contribution >= 0.6 is 0 Å². The summed E-state index contributed by atoms with van der Waals surface area (Å²) < 4.78 is 12.5. The maximum atomic E-state index is 13.6. The lowest BCUT2D eigenvalue weighted by Gasteiger charge is -2.25. The molecule has 1 aliphatic heterocycles. The van der Waals surface area contributed by atoms with E-state index < -0.39 is 0 Å². The van der Waals surface area contributed by atoms with Crippen LogP contribution in [0.1, 0.15) is 43.5 Å². The standard InChI is InChI=1S/C30H31N3O4/c1-3-37-24-14-10-21(11-15-24)27-9-6-20-32(27)29(34)19-18-26-30(35)33(22-12-16-23(36-2)17-13-22)28-8-5-4-7-25(28)31-26/h4-5,7-8,10-17,27H,3,6,9,18-20H2,1-2H3. The Labute approximate surface area is 216 Å². The molecule has 0 saturated carbocycles. The zero-order valence-electron chi connectivity index (χ0n) is 21.2. The highest BCUT2D eigenvalue weighted by Crippen LogP contribution is 2.33. The normalized spacial score (nSPS) is 15.2. The number of carbonyl (C=O) groups excluding carboxylic acids is 1. The topological polar surface area (TPSA) is 73.7 Å². The molecule has 0 bridgehead atoms. The summed E-state index contributed by atoms with van der Waals surface area (Å²) in [6.07, 6.45) is 2.40. The Balaban J connectivity index is 1.38. The lowest BCUT2D eigenvalue weighted by Crippen LogP contribution is -2.32. The molecule has 1 aliphatic rings. The van der Waals surface area contributed by atoms with Crippen LogP contribution in [0.2, 0.25) is 0 Å². The van der Waals surface area contributed by atoms with E-state index in [1.54, 1.807) is 11.7 Å². The minimum atomic E-state index is -0.207. The molecule has 3 aromatic carbocycles. The summed E-state index contributed by atoms with van der Waals surface area (Å²) in [6.45, 7) is 3.30. The number of para-hydroxylation sites is 2. The van der Waals surface area contributed by atoms with E-state index in [-0.39, 0.29) is 30.3 Å². The number of ether oxygens (including phenoxy) is 2. The van der Waals surface area contributed by atoms with Crippen molar-refractivity contribution in [1.29, 1.82) is 0 Å². The van der Waals surface area contributed by atoms with E-state index in [0.717, 1.165) is 41.9 Å². The van der Waals surface area contributed by atoms with Gasteiger partial charge in [0, 0.05) is 25.1 Å². The fourth-order valence-corrected chi connectivity index (χ4v) is 5.06. The largest absolute Gasteiger partial charge is 0.497 e. The number of hydrogen-bond donors (Lipinski definition) is 0. The molecule has 1 saturated heterocycles. The van der Waals surface area contributed by atoms with Gasteiger partial charge in [0.25, 0.3) is 5.56 Å². The van der Waals surface area contributed by atoms with Crippen molar-refractivity contribution in [2.75, 3.05) is 20.3 Å². The Hall–Kier alpha value is -4.13. The van der Waals surface area contributed by atoms with Gasteiger partial charge in [0.05, 0.1) is 30.8 Å². The van der Waals surface area contributed by atoms with Gasteiger partial charge in [0.2, 0.25) is 5.91 Å². The number of methoxy groups -OCH3 is 1. The van der Waals surface area contributed by atoms with Crippen molar-refractivity contribution in [3.05, 3.63) is 94.4 Å². The molecule has 2 heterocycles. The lowest BCUT2D eigenvalue weighted by atomic mass is 10.0. The number of aromatic nitrogens is 2. The average Bonchev–Trinajstić information content (AvgIpc) is 3.43. The Morgan fingerprint density at radius 1 is 1.00 bits per heavy atom. The summed E-state index contributed by atoms with van der Waals surface area (Å²) in [4.78, 5) is 33.5. The molecule has 1 atom stereocenters. The average molecular weight is 498 g/mol. The van der Waals surface area contributed by atoms with Crippen molar-refractivity contribution >= 4 is 16.9 Å². The molecule has 1 fully saturated rings. The third kappa shape index (κ3) is 5.07. The van der Waals surface area contributed by atoms with Crippen molar-refractivity contribution in [3.8, 4) is 17.2 Å². The van der Waals surface area contributed by atoms with Crippen LogP contribution in [0.3, 0.4) is 0 Å². The first-order valence-corrected chi connectivity index (χ1v) is 12.8. The molecule has 0 aliphatic carbocycles. The maximum Gasteiger partial charge on any atom is 0.277 e.